The van der Waals surface area contributed by atoms with E-state index in [2.05, 4.69) is 55.0 Å². The van der Waals surface area contributed by atoms with Gasteiger partial charge in [-0.2, -0.15) is 0 Å². The number of anilines is 1. The number of benzene rings is 2. The van der Waals surface area contributed by atoms with Gasteiger partial charge in [0, 0.05) is 11.7 Å². The minimum Gasteiger partial charge on any atom is -0.492 e. The summed E-state index contributed by atoms with van der Waals surface area (Å²) in [4.78, 5) is 0. The molecule has 1 fully saturated rings. The highest BCUT2D eigenvalue weighted by Gasteiger charge is 2.25. The zero-order chi connectivity index (χ0) is 16.2. The summed E-state index contributed by atoms with van der Waals surface area (Å²) < 4.78 is 6.06. The molecule has 4 N–H and O–H groups in total. The second kappa shape index (κ2) is 7.02. The standard InChI is InChI=1S/C19H25N3O/c1-13(2)17-5-3-4-6-19(17)23-12-16-11-18(22-21-16)14-7-9-15(20)10-8-14/h3-10,13,16,18,21-22H,11-12,20H2,1-2H3. The molecule has 1 aliphatic heterocycles. The zero-order valence-corrected chi connectivity index (χ0v) is 13.8. The largest absolute Gasteiger partial charge is 0.492 e. The maximum Gasteiger partial charge on any atom is 0.122 e. The van der Waals surface area contributed by atoms with Crippen molar-refractivity contribution in [2.45, 2.75) is 38.3 Å². The van der Waals surface area contributed by atoms with Crippen LogP contribution in [0.1, 0.15) is 43.4 Å². The van der Waals surface area contributed by atoms with Crippen LogP contribution in [0.25, 0.3) is 0 Å². The van der Waals surface area contributed by atoms with E-state index in [1.54, 1.807) is 0 Å². The normalized spacial score (nSPS) is 20.8. The Labute approximate surface area is 138 Å². The quantitative estimate of drug-likeness (QED) is 0.741. The molecule has 1 heterocycles. The smallest absolute Gasteiger partial charge is 0.122 e. The second-order valence-electron chi connectivity index (χ2n) is 6.44. The van der Waals surface area contributed by atoms with Crippen molar-refractivity contribution in [3.63, 3.8) is 0 Å². The van der Waals surface area contributed by atoms with Gasteiger partial charge in [0.1, 0.15) is 12.4 Å². The first-order valence-electron chi connectivity index (χ1n) is 8.21. The number of nitrogen functional groups attached to an aromatic ring is 1. The van der Waals surface area contributed by atoms with E-state index in [1.807, 2.05) is 18.2 Å². The van der Waals surface area contributed by atoms with Crippen LogP contribution in [0.4, 0.5) is 5.69 Å². The van der Waals surface area contributed by atoms with Gasteiger partial charge < -0.3 is 10.5 Å². The Morgan fingerprint density at radius 1 is 1.09 bits per heavy atom. The van der Waals surface area contributed by atoms with E-state index in [0.717, 1.165) is 17.9 Å². The molecule has 23 heavy (non-hydrogen) atoms. The summed E-state index contributed by atoms with van der Waals surface area (Å²) in [5.74, 6) is 1.45. The van der Waals surface area contributed by atoms with Crippen LogP contribution in [0.5, 0.6) is 5.75 Å². The molecule has 2 aromatic carbocycles. The molecule has 0 amide bonds. The molecule has 0 aliphatic carbocycles. The molecular formula is C19H25N3O. The SMILES string of the molecule is CC(C)c1ccccc1OCC1CC(c2ccc(N)cc2)NN1. The summed E-state index contributed by atoms with van der Waals surface area (Å²) in [5.41, 5.74) is 15.7. The first kappa shape index (κ1) is 15.8. The van der Waals surface area contributed by atoms with Crippen LogP contribution in [0.3, 0.4) is 0 Å². The van der Waals surface area contributed by atoms with Crippen molar-refractivity contribution in [1.29, 1.82) is 0 Å². The van der Waals surface area contributed by atoms with E-state index in [9.17, 15) is 0 Å². The van der Waals surface area contributed by atoms with Gasteiger partial charge >= 0.3 is 0 Å². The third-order valence-corrected chi connectivity index (χ3v) is 4.30. The van der Waals surface area contributed by atoms with Crippen molar-refractivity contribution < 1.29 is 4.74 Å². The first-order valence-corrected chi connectivity index (χ1v) is 8.21. The minimum absolute atomic E-state index is 0.290. The molecular weight excluding hydrogens is 286 g/mol. The highest BCUT2D eigenvalue weighted by Crippen LogP contribution is 2.27. The van der Waals surface area contributed by atoms with Crippen molar-refractivity contribution in [3.8, 4) is 5.75 Å². The van der Waals surface area contributed by atoms with E-state index in [1.165, 1.54) is 11.1 Å². The molecule has 4 heteroatoms. The summed E-state index contributed by atoms with van der Waals surface area (Å²) in [7, 11) is 0. The fourth-order valence-corrected chi connectivity index (χ4v) is 2.96. The predicted molar refractivity (Wildman–Crippen MR) is 94.3 cm³/mol. The lowest BCUT2D eigenvalue weighted by Gasteiger charge is -2.16. The molecule has 2 atom stereocenters. The highest BCUT2D eigenvalue weighted by molar-refractivity contribution is 5.40. The summed E-state index contributed by atoms with van der Waals surface area (Å²) in [5, 5.41) is 0. The lowest BCUT2D eigenvalue weighted by Crippen LogP contribution is -2.34. The van der Waals surface area contributed by atoms with Crippen LogP contribution in [-0.2, 0) is 0 Å². The summed E-state index contributed by atoms with van der Waals surface area (Å²) in [6, 6.07) is 16.9. The summed E-state index contributed by atoms with van der Waals surface area (Å²) >= 11 is 0. The molecule has 0 aromatic heterocycles. The molecule has 122 valence electrons. The number of ether oxygens (including phenoxy) is 1. The molecule has 1 aliphatic rings. The van der Waals surface area contributed by atoms with Crippen LogP contribution in [0.2, 0.25) is 0 Å². The Kier molecular flexibility index (Phi) is 4.84. The van der Waals surface area contributed by atoms with Gasteiger partial charge in [-0.05, 0) is 41.7 Å². The molecule has 2 aromatic rings. The maximum atomic E-state index is 6.06. The molecule has 0 radical (unpaired) electrons. The van der Waals surface area contributed by atoms with Gasteiger partial charge in [-0.15, -0.1) is 0 Å². The van der Waals surface area contributed by atoms with Crippen molar-refractivity contribution in [2.75, 3.05) is 12.3 Å². The topological polar surface area (TPSA) is 59.3 Å². The lowest BCUT2D eigenvalue weighted by molar-refractivity contribution is 0.269. The van der Waals surface area contributed by atoms with Crippen LogP contribution in [0.15, 0.2) is 48.5 Å². The summed E-state index contributed by atoms with van der Waals surface area (Å²) in [6.07, 6.45) is 0.994. The molecule has 1 saturated heterocycles. The molecule has 0 bridgehead atoms. The van der Waals surface area contributed by atoms with Crippen LogP contribution >= 0.6 is 0 Å². The van der Waals surface area contributed by atoms with Gasteiger partial charge in [-0.1, -0.05) is 44.2 Å². The average molecular weight is 311 g/mol. The number of rotatable bonds is 5. The van der Waals surface area contributed by atoms with E-state index < -0.39 is 0 Å². The molecule has 2 unspecified atom stereocenters. The third-order valence-electron chi connectivity index (χ3n) is 4.30. The zero-order valence-electron chi connectivity index (χ0n) is 13.8. The molecule has 3 rings (SSSR count). The first-order chi connectivity index (χ1) is 11.1. The number of nitrogens with one attached hydrogen (secondary N) is 2. The Hall–Kier alpha value is -2.04. The number of nitrogens with two attached hydrogens (primary N) is 1. The van der Waals surface area contributed by atoms with E-state index in [4.69, 9.17) is 10.5 Å². The maximum absolute atomic E-state index is 6.06. The highest BCUT2D eigenvalue weighted by atomic mass is 16.5. The monoisotopic (exact) mass is 311 g/mol. The third kappa shape index (κ3) is 3.84. The van der Waals surface area contributed by atoms with Gasteiger partial charge in [0.05, 0.1) is 6.04 Å². The predicted octanol–water partition coefficient (Wildman–Crippen LogP) is 3.38. The molecule has 0 spiro atoms. The van der Waals surface area contributed by atoms with Gasteiger partial charge in [-0.25, -0.2) is 5.43 Å². The van der Waals surface area contributed by atoms with E-state index >= 15 is 0 Å². The van der Waals surface area contributed by atoms with Crippen molar-refractivity contribution in [3.05, 3.63) is 59.7 Å². The van der Waals surface area contributed by atoms with Gasteiger partial charge in [0.2, 0.25) is 0 Å². The Morgan fingerprint density at radius 3 is 2.57 bits per heavy atom. The van der Waals surface area contributed by atoms with Crippen molar-refractivity contribution in [1.82, 2.24) is 10.9 Å². The number of hydrazine groups is 1. The Balaban J connectivity index is 1.57. The van der Waals surface area contributed by atoms with E-state index in [0.29, 0.717) is 18.6 Å². The number of hydrogen-bond donors (Lipinski definition) is 3. The van der Waals surface area contributed by atoms with E-state index in [-0.39, 0.29) is 6.04 Å². The minimum atomic E-state index is 0.290. The molecule has 0 saturated carbocycles. The van der Waals surface area contributed by atoms with Crippen molar-refractivity contribution >= 4 is 5.69 Å². The van der Waals surface area contributed by atoms with Crippen LogP contribution < -0.4 is 21.3 Å². The van der Waals surface area contributed by atoms with Gasteiger partial charge in [-0.3, -0.25) is 5.43 Å². The van der Waals surface area contributed by atoms with Crippen LogP contribution in [-0.4, -0.2) is 12.6 Å². The Morgan fingerprint density at radius 2 is 1.83 bits per heavy atom. The second-order valence-corrected chi connectivity index (χ2v) is 6.44. The average Bonchev–Trinajstić information content (AvgIpc) is 3.03. The fraction of sp³-hybridized carbons (Fsp3) is 0.368. The number of hydrogen-bond acceptors (Lipinski definition) is 4. The fourth-order valence-electron chi connectivity index (χ4n) is 2.96. The Bertz CT molecular complexity index is 639. The molecule has 4 nitrogen and oxygen atoms in total. The van der Waals surface area contributed by atoms with Crippen molar-refractivity contribution in [2.24, 2.45) is 0 Å². The van der Waals surface area contributed by atoms with Crippen LogP contribution in [0, 0.1) is 0 Å². The lowest BCUT2D eigenvalue weighted by atomic mass is 10.0. The van der Waals surface area contributed by atoms with Gasteiger partial charge in [0.25, 0.3) is 0 Å². The summed E-state index contributed by atoms with van der Waals surface area (Å²) in [6.45, 7) is 5.03. The van der Waals surface area contributed by atoms with Gasteiger partial charge in [0.15, 0.2) is 0 Å². The number of para-hydroxylation sites is 1.